The van der Waals surface area contributed by atoms with Crippen LogP contribution in [0.1, 0.15) is 34.6 Å². The minimum atomic E-state index is -1.18. The van der Waals surface area contributed by atoms with Crippen molar-refractivity contribution in [3.05, 3.63) is 35.2 Å². The van der Waals surface area contributed by atoms with E-state index in [1.807, 2.05) is 19.9 Å². The number of nitrogens with one attached hydrogen (secondary N) is 2. The van der Waals surface area contributed by atoms with Gasteiger partial charge in [-0.25, -0.2) is 14.8 Å². The molecule has 3 N–H and O–H groups in total. The van der Waals surface area contributed by atoms with Gasteiger partial charge in [0.2, 0.25) is 11.9 Å². The van der Waals surface area contributed by atoms with E-state index in [0.717, 1.165) is 11.4 Å². The van der Waals surface area contributed by atoms with Crippen LogP contribution in [-0.4, -0.2) is 47.7 Å². The van der Waals surface area contributed by atoms with E-state index in [0.29, 0.717) is 24.7 Å². The SMILES string of the molecule is COc1cc(NC(=O)CCCNc2nc(C)cc(C)n2)c(C(=O)O)cc1OC. The third-order valence-corrected chi connectivity index (χ3v) is 3.87. The van der Waals surface area contributed by atoms with Crippen molar-refractivity contribution >= 4 is 23.5 Å². The molecule has 0 atom stereocenters. The molecule has 0 aliphatic carbocycles. The second-order valence-corrected chi connectivity index (χ2v) is 6.11. The zero-order chi connectivity index (χ0) is 20.7. The first-order chi connectivity index (χ1) is 13.3. The zero-order valence-corrected chi connectivity index (χ0v) is 16.3. The van der Waals surface area contributed by atoms with Crippen LogP contribution in [0.25, 0.3) is 0 Å². The third kappa shape index (κ3) is 5.57. The van der Waals surface area contributed by atoms with E-state index in [1.165, 1.54) is 26.4 Å². The van der Waals surface area contributed by atoms with Crippen LogP contribution < -0.4 is 20.1 Å². The Kier molecular flexibility index (Phi) is 7.14. The molecule has 9 heteroatoms. The summed E-state index contributed by atoms with van der Waals surface area (Å²) < 4.78 is 10.3. The fourth-order valence-electron chi connectivity index (χ4n) is 2.63. The van der Waals surface area contributed by atoms with E-state index in [-0.39, 0.29) is 29.3 Å². The molecule has 0 aliphatic rings. The first-order valence-corrected chi connectivity index (χ1v) is 8.69. The number of ether oxygens (including phenoxy) is 2. The number of rotatable bonds is 9. The molecule has 0 bridgehead atoms. The van der Waals surface area contributed by atoms with Crippen LogP contribution in [0.5, 0.6) is 11.5 Å². The van der Waals surface area contributed by atoms with Gasteiger partial charge in [0.25, 0.3) is 0 Å². The fourth-order valence-corrected chi connectivity index (χ4v) is 2.63. The molecule has 0 saturated carbocycles. The van der Waals surface area contributed by atoms with Gasteiger partial charge in [-0.2, -0.15) is 0 Å². The second-order valence-electron chi connectivity index (χ2n) is 6.11. The summed E-state index contributed by atoms with van der Waals surface area (Å²) in [6.45, 7) is 4.28. The number of aryl methyl sites for hydroxylation is 2. The number of hydrogen-bond acceptors (Lipinski definition) is 7. The molecule has 0 saturated heterocycles. The number of carboxylic acid groups (broad SMARTS) is 1. The number of hydrogen-bond donors (Lipinski definition) is 3. The Morgan fingerprint density at radius 3 is 2.21 bits per heavy atom. The number of carbonyl (C=O) groups excluding carboxylic acids is 1. The van der Waals surface area contributed by atoms with Crippen LogP contribution in [0.15, 0.2) is 18.2 Å². The number of nitrogens with zero attached hydrogens (tertiary/aromatic N) is 2. The van der Waals surface area contributed by atoms with Crippen molar-refractivity contribution in [2.24, 2.45) is 0 Å². The van der Waals surface area contributed by atoms with Gasteiger partial charge >= 0.3 is 5.97 Å². The van der Waals surface area contributed by atoms with Crippen molar-refractivity contribution in [2.75, 3.05) is 31.4 Å². The smallest absolute Gasteiger partial charge is 0.337 e. The van der Waals surface area contributed by atoms with E-state index >= 15 is 0 Å². The summed E-state index contributed by atoms with van der Waals surface area (Å²) >= 11 is 0. The minimum Gasteiger partial charge on any atom is -0.493 e. The van der Waals surface area contributed by atoms with Gasteiger partial charge < -0.3 is 25.2 Å². The van der Waals surface area contributed by atoms with E-state index in [2.05, 4.69) is 20.6 Å². The van der Waals surface area contributed by atoms with Crippen LogP contribution in [0.3, 0.4) is 0 Å². The first-order valence-electron chi connectivity index (χ1n) is 8.69. The fraction of sp³-hybridized carbons (Fsp3) is 0.368. The number of carboxylic acids is 1. The maximum absolute atomic E-state index is 12.2. The van der Waals surface area contributed by atoms with Gasteiger partial charge in [0.05, 0.1) is 25.5 Å². The minimum absolute atomic E-state index is 0.0761. The average molecular weight is 388 g/mol. The highest BCUT2D eigenvalue weighted by molar-refractivity contribution is 6.01. The van der Waals surface area contributed by atoms with Gasteiger partial charge in [0, 0.05) is 36.5 Å². The van der Waals surface area contributed by atoms with Crippen LogP contribution in [0.2, 0.25) is 0 Å². The summed E-state index contributed by atoms with van der Waals surface area (Å²) in [6, 6.07) is 4.62. The Balaban J connectivity index is 1.96. The van der Waals surface area contributed by atoms with E-state index in [4.69, 9.17) is 9.47 Å². The summed E-state index contributed by atoms with van der Waals surface area (Å²) in [5.41, 5.74) is 1.80. The average Bonchev–Trinajstić information content (AvgIpc) is 2.63. The lowest BCUT2D eigenvalue weighted by Gasteiger charge is -2.14. The second kappa shape index (κ2) is 9.54. The quantitative estimate of drug-likeness (QED) is 0.560. The molecule has 1 aromatic carbocycles. The molecule has 1 heterocycles. The third-order valence-electron chi connectivity index (χ3n) is 3.87. The summed E-state index contributed by atoms with van der Waals surface area (Å²) in [6.07, 6.45) is 0.725. The molecule has 2 aromatic rings. The molecule has 0 fully saturated rings. The molecule has 0 unspecified atom stereocenters. The molecule has 150 valence electrons. The number of carbonyl (C=O) groups is 2. The van der Waals surface area contributed by atoms with Crippen LogP contribution in [0, 0.1) is 13.8 Å². The monoisotopic (exact) mass is 388 g/mol. The van der Waals surface area contributed by atoms with Crippen LogP contribution >= 0.6 is 0 Å². The maximum Gasteiger partial charge on any atom is 0.337 e. The number of aromatic carboxylic acids is 1. The molecule has 2 rings (SSSR count). The molecule has 9 nitrogen and oxygen atoms in total. The molecule has 0 aliphatic heterocycles. The van der Waals surface area contributed by atoms with Crippen molar-refractivity contribution < 1.29 is 24.2 Å². The molecular weight excluding hydrogens is 364 g/mol. The molecule has 0 radical (unpaired) electrons. The predicted molar refractivity (Wildman–Crippen MR) is 104 cm³/mol. The van der Waals surface area contributed by atoms with Crippen molar-refractivity contribution in [1.29, 1.82) is 0 Å². The number of benzene rings is 1. The molecule has 1 aromatic heterocycles. The Labute approximate surface area is 163 Å². The first kappa shape index (κ1) is 20.9. The Hall–Kier alpha value is -3.36. The lowest BCUT2D eigenvalue weighted by Crippen LogP contribution is -2.16. The van der Waals surface area contributed by atoms with Crippen LogP contribution in [-0.2, 0) is 4.79 Å². The summed E-state index contributed by atoms with van der Waals surface area (Å²) in [5.74, 6) is -0.360. The molecule has 28 heavy (non-hydrogen) atoms. The van der Waals surface area contributed by atoms with E-state index < -0.39 is 5.97 Å². The lowest BCUT2D eigenvalue weighted by atomic mass is 10.1. The van der Waals surface area contributed by atoms with Crippen molar-refractivity contribution in [1.82, 2.24) is 9.97 Å². The Bertz CT molecular complexity index is 849. The highest BCUT2D eigenvalue weighted by Crippen LogP contribution is 2.33. The van der Waals surface area contributed by atoms with Crippen LogP contribution in [0.4, 0.5) is 11.6 Å². The predicted octanol–water partition coefficient (Wildman–Crippen LogP) is 2.64. The molecule has 0 spiro atoms. The Morgan fingerprint density at radius 2 is 1.64 bits per heavy atom. The summed E-state index contributed by atoms with van der Waals surface area (Å²) in [5, 5.41) is 15.1. The lowest BCUT2D eigenvalue weighted by molar-refractivity contribution is -0.116. The van der Waals surface area contributed by atoms with E-state index in [9.17, 15) is 14.7 Å². The summed E-state index contributed by atoms with van der Waals surface area (Å²) in [4.78, 5) is 32.2. The van der Waals surface area contributed by atoms with Gasteiger partial charge in [-0.3, -0.25) is 4.79 Å². The number of anilines is 2. The largest absolute Gasteiger partial charge is 0.493 e. The van der Waals surface area contributed by atoms with Gasteiger partial charge in [0.1, 0.15) is 0 Å². The number of amides is 1. The Morgan fingerprint density at radius 1 is 1.04 bits per heavy atom. The topological polar surface area (TPSA) is 123 Å². The number of methoxy groups -OCH3 is 2. The highest BCUT2D eigenvalue weighted by Gasteiger charge is 2.17. The van der Waals surface area contributed by atoms with Crippen molar-refractivity contribution in [3.8, 4) is 11.5 Å². The van der Waals surface area contributed by atoms with Gasteiger partial charge in [-0.1, -0.05) is 0 Å². The molecule has 1 amide bonds. The molecular formula is C19H24N4O5. The highest BCUT2D eigenvalue weighted by atomic mass is 16.5. The standard InChI is InChI=1S/C19H24N4O5/c1-11-8-12(2)22-19(21-11)20-7-5-6-17(24)23-14-10-16(28-4)15(27-3)9-13(14)18(25)26/h8-10H,5-7H2,1-4H3,(H,23,24)(H,25,26)(H,20,21,22). The summed E-state index contributed by atoms with van der Waals surface area (Å²) in [7, 11) is 2.85. The normalized spacial score (nSPS) is 10.3. The zero-order valence-electron chi connectivity index (χ0n) is 16.3. The van der Waals surface area contributed by atoms with Gasteiger partial charge in [-0.15, -0.1) is 0 Å². The maximum atomic E-state index is 12.2. The van der Waals surface area contributed by atoms with Crippen molar-refractivity contribution in [3.63, 3.8) is 0 Å². The van der Waals surface area contributed by atoms with Gasteiger partial charge in [0.15, 0.2) is 11.5 Å². The van der Waals surface area contributed by atoms with Crippen molar-refractivity contribution in [2.45, 2.75) is 26.7 Å². The number of aromatic nitrogens is 2. The van der Waals surface area contributed by atoms with Gasteiger partial charge in [-0.05, 0) is 26.3 Å². The van der Waals surface area contributed by atoms with E-state index in [1.54, 1.807) is 0 Å².